The zero-order chi connectivity index (χ0) is 15.9. The number of aryl methyl sites for hydroxylation is 2. The number of nitrogens with zero attached hydrogens (tertiary/aromatic N) is 1. The molecule has 3 nitrogen and oxygen atoms in total. The first-order valence-corrected chi connectivity index (χ1v) is 7.78. The predicted molar refractivity (Wildman–Crippen MR) is 93.3 cm³/mol. The number of hydrogen-bond acceptors (Lipinski definition) is 2. The third-order valence-corrected chi connectivity index (χ3v) is 4.47. The van der Waals surface area contributed by atoms with Gasteiger partial charge >= 0.3 is 0 Å². The molecule has 0 saturated carbocycles. The molecule has 0 fully saturated rings. The van der Waals surface area contributed by atoms with Gasteiger partial charge in [0.1, 0.15) is 5.75 Å². The zero-order valence-electron chi connectivity index (χ0n) is 12.7. The van der Waals surface area contributed by atoms with Crippen LogP contribution in [0.25, 0.3) is 16.5 Å². The largest absolute Gasteiger partial charge is 0.496 e. The lowest BCUT2D eigenvalue weighted by molar-refractivity contribution is 0.420. The maximum atomic E-state index is 12.4. The van der Waals surface area contributed by atoms with Gasteiger partial charge in [-0.25, -0.2) is 0 Å². The molecule has 1 aromatic heterocycles. The Morgan fingerprint density at radius 1 is 0.955 bits per heavy atom. The van der Waals surface area contributed by atoms with Crippen molar-refractivity contribution in [1.29, 1.82) is 0 Å². The van der Waals surface area contributed by atoms with E-state index in [0.29, 0.717) is 11.1 Å². The Kier molecular flexibility index (Phi) is 3.79. The van der Waals surface area contributed by atoms with Crippen molar-refractivity contribution in [2.24, 2.45) is 0 Å². The second-order valence-electron chi connectivity index (χ2n) is 5.19. The molecule has 1 heterocycles. The van der Waals surface area contributed by atoms with Crippen molar-refractivity contribution in [2.75, 3.05) is 7.11 Å². The van der Waals surface area contributed by atoms with Crippen molar-refractivity contribution >= 4 is 26.7 Å². The van der Waals surface area contributed by atoms with Gasteiger partial charge in [0.05, 0.1) is 12.5 Å². The zero-order valence-corrected chi connectivity index (χ0v) is 14.3. The van der Waals surface area contributed by atoms with Gasteiger partial charge in [0.25, 0.3) is 0 Å². The van der Waals surface area contributed by atoms with Crippen molar-refractivity contribution in [3.63, 3.8) is 0 Å². The summed E-state index contributed by atoms with van der Waals surface area (Å²) >= 11 is 3.45. The van der Waals surface area contributed by atoms with Crippen LogP contribution in [0.4, 0.5) is 0 Å². The molecule has 3 rings (SSSR count). The van der Waals surface area contributed by atoms with Gasteiger partial charge in [0.15, 0.2) is 5.43 Å². The summed E-state index contributed by atoms with van der Waals surface area (Å²) in [5.41, 5.74) is 2.96. The lowest BCUT2D eigenvalue weighted by Gasteiger charge is -2.09. The fourth-order valence-corrected chi connectivity index (χ4v) is 3.24. The van der Waals surface area contributed by atoms with Gasteiger partial charge in [-0.05, 0) is 50.2 Å². The molecule has 0 atom stereocenters. The topological polar surface area (TPSA) is 31.2 Å². The Balaban J connectivity index is 2.47. The standard InChI is InChI=1S/C18H16BrNO2/c1-11-17-15(21)5-4-6-16(22-3)18(17)12(2)20(11)14-9-7-13(19)8-10-14/h4-10H,1-3H3. The summed E-state index contributed by atoms with van der Waals surface area (Å²) in [5.74, 6) is 0.716. The molecule has 0 bridgehead atoms. The number of hydrogen-bond donors (Lipinski definition) is 0. The van der Waals surface area contributed by atoms with E-state index in [2.05, 4.69) is 20.5 Å². The van der Waals surface area contributed by atoms with E-state index < -0.39 is 0 Å². The van der Waals surface area contributed by atoms with Crippen LogP contribution in [0.15, 0.2) is 51.7 Å². The SMILES string of the molecule is COc1cccc(=O)c2c(C)n(-c3ccc(Br)cc3)c(C)c12. The number of benzene rings is 1. The molecule has 0 radical (unpaired) electrons. The summed E-state index contributed by atoms with van der Waals surface area (Å²) in [4.78, 5) is 12.4. The molecule has 22 heavy (non-hydrogen) atoms. The number of aromatic nitrogens is 1. The minimum Gasteiger partial charge on any atom is -0.496 e. The Bertz CT molecular complexity index is 911. The van der Waals surface area contributed by atoms with Crippen LogP contribution in [-0.2, 0) is 0 Å². The van der Waals surface area contributed by atoms with E-state index in [4.69, 9.17) is 4.74 Å². The quantitative estimate of drug-likeness (QED) is 0.681. The molecule has 0 amide bonds. The predicted octanol–water partition coefficient (Wildman–Crippen LogP) is 4.38. The first-order valence-electron chi connectivity index (χ1n) is 6.99. The smallest absolute Gasteiger partial charge is 0.188 e. The van der Waals surface area contributed by atoms with E-state index in [1.165, 1.54) is 0 Å². The van der Waals surface area contributed by atoms with Crippen molar-refractivity contribution < 1.29 is 4.74 Å². The van der Waals surface area contributed by atoms with Crippen LogP contribution >= 0.6 is 15.9 Å². The van der Waals surface area contributed by atoms with Gasteiger partial charge in [-0.3, -0.25) is 4.79 Å². The highest BCUT2D eigenvalue weighted by atomic mass is 79.9. The molecule has 112 valence electrons. The monoisotopic (exact) mass is 357 g/mol. The number of fused-ring (bicyclic) bond motifs is 1. The second kappa shape index (κ2) is 5.61. The molecule has 0 aliphatic heterocycles. The van der Waals surface area contributed by atoms with E-state index in [0.717, 1.165) is 26.9 Å². The van der Waals surface area contributed by atoms with E-state index in [9.17, 15) is 4.79 Å². The minimum absolute atomic E-state index is 0.00904. The molecule has 4 heteroatoms. The molecule has 0 spiro atoms. The molecule has 0 aliphatic rings. The van der Waals surface area contributed by atoms with Gasteiger partial charge in [0, 0.05) is 26.9 Å². The van der Waals surface area contributed by atoms with Gasteiger partial charge in [-0.1, -0.05) is 22.0 Å². The normalized spacial score (nSPS) is 10.9. The van der Waals surface area contributed by atoms with Crippen molar-refractivity contribution in [2.45, 2.75) is 13.8 Å². The Labute approximate surface area is 137 Å². The van der Waals surface area contributed by atoms with Crippen LogP contribution < -0.4 is 10.2 Å². The Morgan fingerprint density at radius 3 is 2.23 bits per heavy atom. The molecule has 0 unspecified atom stereocenters. The van der Waals surface area contributed by atoms with Gasteiger partial charge in [0.2, 0.25) is 0 Å². The van der Waals surface area contributed by atoms with E-state index in [-0.39, 0.29) is 5.43 Å². The first-order chi connectivity index (χ1) is 10.5. The summed E-state index contributed by atoms with van der Waals surface area (Å²) < 4.78 is 8.61. The van der Waals surface area contributed by atoms with Crippen molar-refractivity contribution in [3.05, 3.63) is 68.5 Å². The lowest BCUT2D eigenvalue weighted by atomic mass is 10.2. The van der Waals surface area contributed by atoms with E-state index >= 15 is 0 Å². The van der Waals surface area contributed by atoms with Crippen LogP contribution in [0.3, 0.4) is 0 Å². The van der Waals surface area contributed by atoms with Crippen LogP contribution in [0.5, 0.6) is 5.75 Å². The number of methoxy groups -OCH3 is 1. The van der Waals surface area contributed by atoms with E-state index in [1.54, 1.807) is 19.2 Å². The molecule has 2 aromatic carbocycles. The third-order valence-electron chi connectivity index (χ3n) is 3.94. The fourth-order valence-electron chi connectivity index (χ4n) is 2.98. The molecular weight excluding hydrogens is 342 g/mol. The van der Waals surface area contributed by atoms with Crippen LogP contribution in [0, 0.1) is 13.8 Å². The molecule has 3 aromatic rings. The number of rotatable bonds is 2. The second-order valence-corrected chi connectivity index (χ2v) is 6.11. The highest BCUT2D eigenvalue weighted by molar-refractivity contribution is 9.10. The molecular formula is C18H16BrNO2. The van der Waals surface area contributed by atoms with Crippen molar-refractivity contribution in [1.82, 2.24) is 4.57 Å². The summed E-state index contributed by atoms with van der Waals surface area (Å²) in [5, 5.41) is 1.58. The fraction of sp³-hybridized carbons (Fsp3) is 0.167. The first kappa shape index (κ1) is 14.9. The number of ether oxygens (including phenoxy) is 1. The average Bonchev–Trinajstić information content (AvgIpc) is 2.66. The highest BCUT2D eigenvalue weighted by Crippen LogP contribution is 2.32. The summed E-state index contributed by atoms with van der Waals surface area (Å²) in [6.07, 6.45) is 0. The Morgan fingerprint density at radius 2 is 1.59 bits per heavy atom. The maximum absolute atomic E-state index is 12.4. The minimum atomic E-state index is 0.00904. The number of halogens is 1. The van der Waals surface area contributed by atoms with Crippen LogP contribution in [0.1, 0.15) is 11.4 Å². The van der Waals surface area contributed by atoms with Gasteiger partial charge < -0.3 is 9.30 Å². The maximum Gasteiger partial charge on any atom is 0.188 e. The molecule has 0 saturated heterocycles. The lowest BCUT2D eigenvalue weighted by Crippen LogP contribution is -2.00. The third kappa shape index (κ3) is 2.24. The van der Waals surface area contributed by atoms with Crippen molar-refractivity contribution in [3.8, 4) is 11.4 Å². The van der Waals surface area contributed by atoms with Crippen LogP contribution in [-0.4, -0.2) is 11.7 Å². The summed E-state index contributed by atoms with van der Waals surface area (Å²) in [6, 6.07) is 13.2. The van der Waals surface area contributed by atoms with Gasteiger partial charge in [-0.2, -0.15) is 0 Å². The van der Waals surface area contributed by atoms with Gasteiger partial charge in [-0.15, -0.1) is 0 Å². The van der Waals surface area contributed by atoms with Crippen LogP contribution in [0.2, 0.25) is 0 Å². The summed E-state index contributed by atoms with van der Waals surface area (Å²) in [6.45, 7) is 3.98. The molecule has 0 aliphatic carbocycles. The highest BCUT2D eigenvalue weighted by Gasteiger charge is 2.17. The van der Waals surface area contributed by atoms with E-state index in [1.807, 2.05) is 44.2 Å². The molecule has 0 N–H and O–H groups in total. The average molecular weight is 358 g/mol. The summed E-state index contributed by atoms with van der Waals surface area (Å²) in [7, 11) is 1.63. The Hall–Kier alpha value is -2.07.